The van der Waals surface area contributed by atoms with Crippen molar-refractivity contribution < 1.29 is 15.0 Å². The van der Waals surface area contributed by atoms with Crippen LogP contribution in [0.5, 0.6) is 0 Å². The number of hydrogen-bond donors (Lipinski definition) is 2. The zero-order valence-corrected chi connectivity index (χ0v) is 15.9. The largest absolute Gasteiger partial charge is 0.483 e. The van der Waals surface area contributed by atoms with Crippen molar-refractivity contribution in [3.63, 3.8) is 0 Å². The second-order valence-corrected chi connectivity index (χ2v) is 6.95. The maximum atomic E-state index is 10.5. The van der Waals surface area contributed by atoms with Crippen molar-refractivity contribution in [3.05, 3.63) is 48.0 Å². The van der Waals surface area contributed by atoms with Gasteiger partial charge in [0.25, 0.3) is 6.47 Å². The van der Waals surface area contributed by atoms with Gasteiger partial charge in [-0.15, -0.1) is 10.2 Å². The lowest BCUT2D eigenvalue weighted by Crippen LogP contribution is -2.39. The van der Waals surface area contributed by atoms with Crippen LogP contribution in [0, 0.1) is 12.8 Å². The van der Waals surface area contributed by atoms with Crippen molar-refractivity contribution in [2.24, 2.45) is 5.92 Å². The number of nitrogens with zero attached hydrogens (tertiary/aromatic N) is 4. The van der Waals surface area contributed by atoms with Crippen LogP contribution >= 0.6 is 0 Å². The Morgan fingerprint density at radius 2 is 1.89 bits per heavy atom. The second-order valence-electron chi connectivity index (χ2n) is 6.95. The SMILES string of the molecule is Cc1nncn1CCN1CCC(C(O)CCc2ccccc2)CC1.O=CO. The summed E-state index contributed by atoms with van der Waals surface area (Å²) >= 11 is 0. The number of piperidine rings is 1. The van der Waals surface area contributed by atoms with Crippen LogP contribution in [-0.4, -0.2) is 62.1 Å². The van der Waals surface area contributed by atoms with Crippen LogP contribution in [0.15, 0.2) is 36.7 Å². The lowest BCUT2D eigenvalue weighted by atomic mass is 9.88. The highest BCUT2D eigenvalue weighted by Crippen LogP contribution is 2.23. The van der Waals surface area contributed by atoms with Crippen molar-refractivity contribution >= 4 is 6.47 Å². The van der Waals surface area contributed by atoms with Crippen molar-refractivity contribution in [2.45, 2.75) is 45.3 Å². The van der Waals surface area contributed by atoms with Gasteiger partial charge in [0.1, 0.15) is 12.2 Å². The van der Waals surface area contributed by atoms with Crippen LogP contribution in [0.1, 0.15) is 30.7 Å². The van der Waals surface area contributed by atoms with Gasteiger partial charge in [-0.3, -0.25) is 4.79 Å². The number of likely N-dealkylation sites (tertiary alicyclic amines) is 1. The molecule has 2 N–H and O–H groups in total. The van der Waals surface area contributed by atoms with Gasteiger partial charge in [0, 0.05) is 13.1 Å². The third kappa shape index (κ3) is 7.11. The Kier molecular flexibility index (Phi) is 8.94. The molecule has 1 fully saturated rings. The standard InChI is InChI=1S/C19H28N4O.CH2O2/c1-16-21-20-15-23(16)14-13-22-11-9-18(10-12-22)19(24)8-7-17-5-3-2-4-6-17;2-1-3/h2-6,15,18-19,24H,7-14H2,1H3;1H,(H,2,3). The van der Waals surface area contributed by atoms with Crippen LogP contribution in [0.2, 0.25) is 0 Å². The van der Waals surface area contributed by atoms with Gasteiger partial charge in [-0.1, -0.05) is 30.3 Å². The van der Waals surface area contributed by atoms with E-state index in [1.54, 1.807) is 6.33 Å². The molecule has 1 aliphatic rings. The number of carbonyl (C=O) groups is 1. The first-order valence-corrected chi connectivity index (χ1v) is 9.50. The molecule has 1 saturated heterocycles. The smallest absolute Gasteiger partial charge is 0.290 e. The minimum atomic E-state index is -0.250. The molecule has 0 bridgehead atoms. The number of hydrogen-bond acceptors (Lipinski definition) is 5. The molecule has 0 aliphatic carbocycles. The molecule has 0 spiro atoms. The monoisotopic (exact) mass is 374 g/mol. The number of aliphatic hydroxyl groups excluding tert-OH is 1. The summed E-state index contributed by atoms with van der Waals surface area (Å²) in [6, 6.07) is 10.5. The average Bonchev–Trinajstić information content (AvgIpc) is 3.11. The van der Waals surface area contributed by atoms with Crippen LogP contribution < -0.4 is 0 Å². The van der Waals surface area contributed by atoms with Gasteiger partial charge in [0.2, 0.25) is 0 Å². The Labute approximate surface area is 160 Å². The first-order valence-electron chi connectivity index (χ1n) is 9.50. The normalized spacial score (nSPS) is 16.4. The topological polar surface area (TPSA) is 91.5 Å². The molecule has 7 nitrogen and oxygen atoms in total. The van der Waals surface area contributed by atoms with Gasteiger partial charge in [-0.05, 0) is 57.2 Å². The van der Waals surface area contributed by atoms with Gasteiger partial charge >= 0.3 is 0 Å². The third-order valence-corrected chi connectivity index (χ3v) is 5.21. The zero-order chi connectivity index (χ0) is 19.5. The van der Waals surface area contributed by atoms with E-state index in [4.69, 9.17) is 9.90 Å². The molecule has 1 unspecified atom stereocenters. The van der Waals surface area contributed by atoms with Crippen LogP contribution in [-0.2, 0) is 17.8 Å². The highest BCUT2D eigenvalue weighted by molar-refractivity contribution is 5.32. The Hall–Kier alpha value is -2.25. The van der Waals surface area contributed by atoms with E-state index in [-0.39, 0.29) is 12.6 Å². The van der Waals surface area contributed by atoms with E-state index in [0.717, 1.165) is 57.7 Å². The van der Waals surface area contributed by atoms with Crippen molar-refractivity contribution in [1.29, 1.82) is 0 Å². The molecule has 2 aromatic rings. The summed E-state index contributed by atoms with van der Waals surface area (Å²) in [5, 5.41) is 25.3. The fourth-order valence-electron chi connectivity index (χ4n) is 3.54. The second kappa shape index (κ2) is 11.5. The predicted molar refractivity (Wildman–Crippen MR) is 103 cm³/mol. The van der Waals surface area contributed by atoms with Crippen LogP contribution in [0.25, 0.3) is 0 Å². The average molecular weight is 374 g/mol. The summed E-state index contributed by atoms with van der Waals surface area (Å²) < 4.78 is 2.10. The molecule has 148 valence electrons. The van der Waals surface area contributed by atoms with E-state index in [0.29, 0.717) is 5.92 Å². The molecule has 1 aromatic carbocycles. The van der Waals surface area contributed by atoms with Crippen LogP contribution in [0.4, 0.5) is 0 Å². The summed E-state index contributed by atoms with van der Waals surface area (Å²) in [5.41, 5.74) is 1.32. The van der Waals surface area contributed by atoms with E-state index in [2.05, 4.69) is 43.9 Å². The number of rotatable bonds is 7. The molecule has 0 radical (unpaired) electrons. The number of aryl methyl sites for hydroxylation is 2. The fraction of sp³-hybridized carbons (Fsp3) is 0.550. The predicted octanol–water partition coefficient (Wildman–Crippen LogP) is 1.99. The number of benzene rings is 1. The van der Waals surface area contributed by atoms with Crippen molar-refractivity contribution in [2.75, 3.05) is 19.6 Å². The van der Waals surface area contributed by atoms with Gasteiger partial charge in [-0.25, -0.2) is 0 Å². The summed E-state index contributed by atoms with van der Waals surface area (Å²) in [6.45, 7) is 5.87. The molecule has 2 heterocycles. The molecular formula is C20H30N4O3. The van der Waals surface area contributed by atoms with E-state index in [1.807, 2.05) is 13.0 Å². The quantitative estimate of drug-likeness (QED) is 0.720. The number of carboxylic acid groups (broad SMARTS) is 1. The summed E-state index contributed by atoms with van der Waals surface area (Å²) in [4.78, 5) is 10.8. The Morgan fingerprint density at radius 3 is 2.48 bits per heavy atom. The molecule has 0 saturated carbocycles. The lowest BCUT2D eigenvalue weighted by Gasteiger charge is -2.34. The molecule has 1 atom stereocenters. The molecular weight excluding hydrogens is 344 g/mol. The highest BCUT2D eigenvalue weighted by Gasteiger charge is 2.24. The molecule has 1 aromatic heterocycles. The zero-order valence-electron chi connectivity index (χ0n) is 15.9. The fourth-order valence-corrected chi connectivity index (χ4v) is 3.54. The molecule has 27 heavy (non-hydrogen) atoms. The van der Waals surface area contributed by atoms with Gasteiger partial charge in [0.15, 0.2) is 0 Å². The Balaban J connectivity index is 0.000000817. The molecule has 7 heteroatoms. The lowest BCUT2D eigenvalue weighted by molar-refractivity contribution is -0.122. The molecule has 3 rings (SSSR count). The summed E-state index contributed by atoms with van der Waals surface area (Å²) in [5.74, 6) is 1.42. The van der Waals surface area contributed by atoms with E-state index < -0.39 is 0 Å². The highest BCUT2D eigenvalue weighted by atomic mass is 16.3. The minimum Gasteiger partial charge on any atom is -0.483 e. The maximum Gasteiger partial charge on any atom is 0.290 e. The number of aliphatic hydroxyl groups is 1. The Bertz CT molecular complexity index is 654. The van der Waals surface area contributed by atoms with Crippen molar-refractivity contribution in [3.8, 4) is 0 Å². The maximum absolute atomic E-state index is 10.5. The van der Waals surface area contributed by atoms with E-state index >= 15 is 0 Å². The van der Waals surface area contributed by atoms with Gasteiger partial charge < -0.3 is 19.7 Å². The first-order chi connectivity index (χ1) is 13.1. The summed E-state index contributed by atoms with van der Waals surface area (Å²) in [7, 11) is 0. The molecule has 1 aliphatic heterocycles. The first kappa shape index (κ1) is 21.1. The van der Waals surface area contributed by atoms with Crippen LogP contribution in [0.3, 0.4) is 0 Å². The van der Waals surface area contributed by atoms with Gasteiger partial charge in [-0.2, -0.15) is 0 Å². The van der Waals surface area contributed by atoms with Crippen molar-refractivity contribution in [1.82, 2.24) is 19.7 Å². The van der Waals surface area contributed by atoms with E-state index in [1.165, 1.54) is 5.56 Å². The third-order valence-electron chi connectivity index (χ3n) is 5.21. The Morgan fingerprint density at radius 1 is 1.22 bits per heavy atom. The minimum absolute atomic E-state index is 0.174. The summed E-state index contributed by atoms with van der Waals surface area (Å²) in [6.07, 6.45) is 5.65. The van der Waals surface area contributed by atoms with E-state index in [9.17, 15) is 5.11 Å². The molecule has 0 amide bonds. The number of aromatic nitrogens is 3. The van der Waals surface area contributed by atoms with Gasteiger partial charge in [0.05, 0.1) is 6.10 Å².